The van der Waals surface area contributed by atoms with Gasteiger partial charge in [-0.2, -0.15) is 0 Å². The normalized spacial score (nSPS) is 22.5. The molecule has 10 rings (SSSR count). The third-order valence-electron chi connectivity index (χ3n) is 13.0. The monoisotopic (exact) mass is 898 g/mol. The van der Waals surface area contributed by atoms with Gasteiger partial charge in [0.05, 0.1) is 49.9 Å². The number of pyridine rings is 2. The van der Waals surface area contributed by atoms with Crippen molar-refractivity contribution in [2.45, 2.75) is 18.9 Å². The number of benzene rings is 2. The lowest BCUT2D eigenvalue weighted by Gasteiger charge is -2.40. The van der Waals surface area contributed by atoms with Gasteiger partial charge in [-0.05, 0) is 99.9 Å². The minimum absolute atomic E-state index is 0. The summed E-state index contributed by atoms with van der Waals surface area (Å²) < 4.78 is 11.1. The van der Waals surface area contributed by atoms with Gasteiger partial charge in [0.25, 0.3) is 0 Å². The number of fused-ring (bicyclic) bond motifs is 4. The van der Waals surface area contributed by atoms with E-state index in [0.29, 0.717) is 0 Å². The summed E-state index contributed by atoms with van der Waals surface area (Å²) in [5.41, 5.74) is 12.3. The first-order valence-electron chi connectivity index (χ1n) is 22.0. The fraction of sp³-hybridized carbons (Fsp3) is 0.447. The Morgan fingerprint density at radius 3 is 1.55 bits per heavy atom. The van der Waals surface area contributed by atoms with Crippen LogP contribution in [0.25, 0.3) is 23.3 Å². The maximum Gasteiger partial charge on any atom is 0.376 e. The van der Waals surface area contributed by atoms with Gasteiger partial charge in [0.1, 0.15) is 0 Å². The molecular formula is C47H58BCl3N8O3. The Hall–Kier alpha value is -3.21. The number of nitrogens with one attached hydrogen (secondary N) is 1. The number of morpholine rings is 2. The van der Waals surface area contributed by atoms with Crippen LogP contribution in [0.5, 0.6) is 0 Å². The molecule has 4 aliphatic heterocycles. The van der Waals surface area contributed by atoms with E-state index in [2.05, 4.69) is 78.3 Å². The molecule has 4 aromatic rings. The van der Waals surface area contributed by atoms with Crippen molar-refractivity contribution in [1.29, 1.82) is 0 Å². The van der Waals surface area contributed by atoms with Crippen LogP contribution in [0.4, 0.5) is 0 Å². The SMILES string of the molecule is CB(O)N1CCN(C2c3ccc(Cl)cc3C(CN3CCOCC3)=Cc3cccnc32)CC1.Cl.Clc1ccc2c(c1)C(CN1CCOCC1)=Cc1cccnc1C2N1CCNCC1. The lowest BCUT2D eigenvalue weighted by molar-refractivity contribution is 0.0444. The molecule has 62 heavy (non-hydrogen) atoms. The Labute approximate surface area is 383 Å². The molecule has 328 valence electrons. The van der Waals surface area contributed by atoms with Crippen LogP contribution in [0.3, 0.4) is 0 Å². The van der Waals surface area contributed by atoms with Crippen molar-refractivity contribution in [3.8, 4) is 0 Å². The van der Waals surface area contributed by atoms with E-state index in [4.69, 9.17) is 42.6 Å². The minimum Gasteiger partial charge on any atom is -0.437 e. The smallest absolute Gasteiger partial charge is 0.376 e. The van der Waals surface area contributed by atoms with Crippen LogP contribution < -0.4 is 5.32 Å². The van der Waals surface area contributed by atoms with Gasteiger partial charge in [-0.3, -0.25) is 29.6 Å². The minimum atomic E-state index is -0.412. The van der Waals surface area contributed by atoms with Crippen molar-refractivity contribution < 1.29 is 14.5 Å². The maximum atomic E-state index is 10.0. The summed E-state index contributed by atoms with van der Waals surface area (Å²) in [4.78, 5) is 21.9. The summed E-state index contributed by atoms with van der Waals surface area (Å²) >= 11 is 13.0. The van der Waals surface area contributed by atoms with E-state index in [0.717, 1.165) is 139 Å². The highest BCUT2D eigenvalue weighted by atomic mass is 35.5. The quantitative estimate of drug-likeness (QED) is 0.212. The maximum absolute atomic E-state index is 10.0. The van der Waals surface area contributed by atoms with Crippen molar-refractivity contribution in [3.63, 3.8) is 0 Å². The second-order valence-electron chi connectivity index (χ2n) is 16.8. The highest BCUT2D eigenvalue weighted by Crippen LogP contribution is 2.42. The van der Waals surface area contributed by atoms with Crippen molar-refractivity contribution >= 4 is 66.0 Å². The number of halogens is 3. The highest BCUT2D eigenvalue weighted by Gasteiger charge is 2.35. The average molecular weight is 900 g/mol. The molecular weight excluding hydrogens is 842 g/mol. The van der Waals surface area contributed by atoms with Crippen molar-refractivity contribution in [2.24, 2.45) is 0 Å². The van der Waals surface area contributed by atoms with Gasteiger partial charge < -0.3 is 24.6 Å². The number of hydrogen-bond donors (Lipinski definition) is 2. The van der Waals surface area contributed by atoms with E-state index in [1.165, 1.54) is 44.5 Å². The second-order valence-corrected chi connectivity index (χ2v) is 17.7. The zero-order chi connectivity index (χ0) is 41.7. The Morgan fingerprint density at radius 2 is 1.10 bits per heavy atom. The predicted molar refractivity (Wildman–Crippen MR) is 254 cm³/mol. The molecule has 4 saturated heterocycles. The topological polar surface area (TPSA) is 92.7 Å². The van der Waals surface area contributed by atoms with Gasteiger partial charge in [0.2, 0.25) is 0 Å². The van der Waals surface area contributed by atoms with E-state index in [1.54, 1.807) is 0 Å². The molecule has 6 aliphatic rings. The van der Waals surface area contributed by atoms with E-state index in [-0.39, 0.29) is 24.5 Å². The molecule has 2 atom stereocenters. The number of piperazine rings is 2. The molecule has 0 spiro atoms. The lowest BCUT2D eigenvalue weighted by atomic mass is 9.84. The molecule has 6 heterocycles. The third-order valence-corrected chi connectivity index (χ3v) is 13.5. The fourth-order valence-corrected chi connectivity index (χ4v) is 10.1. The zero-order valence-corrected chi connectivity index (χ0v) is 37.9. The molecule has 2 unspecified atom stereocenters. The Balaban J connectivity index is 0.000000169. The highest BCUT2D eigenvalue weighted by molar-refractivity contribution is 6.45. The van der Waals surface area contributed by atoms with Gasteiger partial charge in [0.15, 0.2) is 0 Å². The number of nitrogens with zero attached hydrogens (tertiary/aromatic N) is 7. The van der Waals surface area contributed by atoms with Gasteiger partial charge >= 0.3 is 7.05 Å². The van der Waals surface area contributed by atoms with Crippen molar-refractivity contribution in [1.82, 2.24) is 39.7 Å². The van der Waals surface area contributed by atoms with Crippen LogP contribution in [0, 0.1) is 0 Å². The second kappa shape index (κ2) is 21.2. The van der Waals surface area contributed by atoms with Gasteiger partial charge in [0, 0.05) is 114 Å². The van der Waals surface area contributed by atoms with Gasteiger partial charge in [-0.1, -0.05) is 47.5 Å². The van der Waals surface area contributed by atoms with Crippen molar-refractivity contribution in [2.75, 3.05) is 118 Å². The van der Waals surface area contributed by atoms with Crippen LogP contribution in [-0.2, 0) is 9.47 Å². The molecule has 0 amide bonds. The van der Waals surface area contributed by atoms with Crippen LogP contribution in [0.2, 0.25) is 16.9 Å². The molecule has 0 saturated carbocycles. The molecule has 2 aliphatic carbocycles. The van der Waals surface area contributed by atoms with E-state index in [9.17, 15) is 5.02 Å². The van der Waals surface area contributed by atoms with E-state index in [1.807, 2.05) is 43.5 Å². The Bertz CT molecular complexity index is 2200. The van der Waals surface area contributed by atoms with Crippen LogP contribution in [0.1, 0.15) is 56.9 Å². The molecule has 0 radical (unpaired) electrons. The summed E-state index contributed by atoms with van der Waals surface area (Å²) in [7, 11) is -0.412. The van der Waals surface area contributed by atoms with Gasteiger partial charge in [-0.15, -0.1) is 12.4 Å². The van der Waals surface area contributed by atoms with Crippen LogP contribution >= 0.6 is 35.6 Å². The molecule has 11 nitrogen and oxygen atoms in total. The average Bonchev–Trinajstić information content (AvgIpc) is 3.51. The first-order chi connectivity index (χ1) is 29.9. The molecule has 0 bridgehead atoms. The van der Waals surface area contributed by atoms with E-state index < -0.39 is 7.05 Å². The number of aromatic nitrogens is 2. The predicted octanol–water partition coefficient (Wildman–Crippen LogP) is 6.08. The largest absolute Gasteiger partial charge is 0.437 e. The first-order valence-corrected chi connectivity index (χ1v) is 22.8. The Morgan fingerprint density at radius 1 is 0.645 bits per heavy atom. The van der Waals surface area contributed by atoms with Crippen LogP contribution in [0.15, 0.2) is 73.1 Å². The van der Waals surface area contributed by atoms with Gasteiger partial charge in [-0.25, -0.2) is 0 Å². The summed E-state index contributed by atoms with van der Waals surface area (Å²) in [6.07, 6.45) is 8.45. The first kappa shape index (κ1) is 45.4. The molecule has 4 fully saturated rings. The summed E-state index contributed by atoms with van der Waals surface area (Å²) in [6, 6.07) is 21.3. The summed E-state index contributed by atoms with van der Waals surface area (Å²) in [5, 5.41) is 15.0. The molecule has 2 aromatic carbocycles. The number of ether oxygens (including phenoxy) is 2. The standard InChI is InChI=1S/C24H30BClN4O2.C23H27ClN4O.ClH/c1-25(31)30-9-7-29(8-10-30)24-21-5-4-20(26)16-22(21)19(17-28-11-13-32-14-12-28)15-18-3-2-6-27-23(18)24;24-19-3-4-20-21(15-19)18(16-27-10-12-29-13-11-27)14-17-2-1-5-26-22(17)23(20)28-8-6-25-7-9-28;/h2-6,15-16,24,31H,7-14,17H2,1H3;1-5,14-15,23,25H,6-13,16H2;1H. The molecule has 2 N–H and O–H groups in total. The molecule has 2 aromatic heterocycles. The summed E-state index contributed by atoms with van der Waals surface area (Å²) in [5.74, 6) is 0. The van der Waals surface area contributed by atoms with Crippen molar-refractivity contribution in [3.05, 3.63) is 128 Å². The third kappa shape index (κ3) is 10.3. The lowest BCUT2D eigenvalue weighted by Crippen LogP contribution is -2.52. The zero-order valence-electron chi connectivity index (χ0n) is 35.6. The Kier molecular flexibility index (Phi) is 15.5. The number of rotatable bonds is 7. The molecule has 15 heteroatoms. The number of hydrogen-bond acceptors (Lipinski definition) is 11. The van der Waals surface area contributed by atoms with E-state index >= 15 is 0 Å². The fourth-order valence-electron chi connectivity index (χ4n) is 9.79. The summed E-state index contributed by atoms with van der Waals surface area (Å²) in [6.45, 7) is 18.1. The van der Waals surface area contributed by atoms with Crippen LogP contribution in [-0.4, -0.2) is 165 Å².